The van der Waals surface area contributed by atoms with E-state index < -0.39 is 17.8 Å². The van der Waals surface area contributed by atoms with Gasteiger partial charge in [0.2, 0.25) is 0 Å². The average molecular weight is 302 g/mol. The van der Waals surface area contributed by atoms with Crippen molar-refractivity contribution in [2.45, 2.75) is 25.1 Å². The van der Waals surface area contributed by atoms with E-state index in [9.17, 15) is 18.0 Å². The summed E-state index contributed by atoms with van der Waals surface area (Å²) >= 11 is 0. The number of alkyl halides is 3. The second-order valence-corrected chi connectivity index (χ2v) is 5.22. The second-order valence-electron chi connectivity index (χ2n) is 5.22. The zero-order valence-electron chi connectivity index (χ0n) is 11.5. The molecule has 1 aliphatic rings. The predicted molar refractivity (Wildman–Crippen MR) is 70.8 cm³/mol. The highest BCUT2D eigenvalue weighted by Gasteiger charge is 2.39. The van der Waals surface area contributed by atoms with E-state index in [2.05, 4.69) is 5.32 Å². The summed E-state index contributed by atoms with van der Waals surface area (Å²) in [7, 11) is 0. The molecule has 1 saturated heterocycles. The molecule has 1 fully saturated rings. The summed E-state index contributed by atoms with van der Waals surface area (Å²) in [4.78, 5) is 13.1. The van der Waals surface area contributed by atoms with Crippen molar-refractivity contribution in [1.29, 1.82) is 0 Å². The number of benzene rings is 1. The van der Waals surface area contributed by atoms with Crippen LogP contribution in [0.3, 0.4) is 0 Å². The van der Waals surface area contributed by atoms with Crippen molar-refractivity contribution in [1.82, 2.24) is 10.2 Å². The van der Waals surface area contributed by atoms with Crippen molar-refractivity contribution in [3.63, 3.8) is 0 Å². The number of nitrogens with one attached hydrogen (secondary N) is 1. The summed E-state index contributed by atoms with van der Waals surface area (Å²) in [5.74, 6) is -0.305. The molecule has 2 rings (SSSR count). The molecule has 1 heterocycles. The first-order valence-electron chi connectivity index (χ1n) is 6.66. The molecule has 0 bridgehead atoms. The predicted octanol–water partition coefficient (Wildman–Crippen LogP) is 2.20. The monoisotopic (exact) mass is 302 g/mol. The summed E-state index contributed by atoms with van der Waals surface area (Å²) < 4.78 is 38.7. The molecule has 7 heteroatoms. The van der Waals surface area contributed by atoms with Gasteiger partial charge < -0.3 is 15.3 Å². The highest BCUT2D eigenvalue weighted by atomic mass is 19.4. The number of rotatable bonds is 3. The molecule has 1 aliphatic heterocycles. The van der Waals surface area contributed by atoms with Gasteiger partial charge in [-0.2, -0.15) is 13.2 Å². The average Bonchev–Trinajstić information content (AvgIpc) is 2.34. The first-order chi connectivity index (χ1) is 9.79. The van der Waals surface area contributed by atoms with Crippen molar-refractivity contribution >= 4 is 6.03 Å². The molecule has 0 spiro atoms. The minimum Gasteiger partial charge on any atom is -0.392 e. The van der Waals surface area contributed by atoms with Gasteiger partial charge in [0.05, 0.1) is 11.7 Å². The van der Waals surface area contributed by atoms with Crippen LogP contribution in [-0.2, 0) is 6.18 Å². The number of hydrogen-bond donors (Lipinski definition) is 2. The van der Waals surface area contributed by atoms with Crippen LogP contribution in [0.15, 0.2) is 24.3 Å². The quantitative estimate of drug-likeness (QED) is 0.899. The van der Waals surface area contributed by atoms with Gasteiger partial charge in [0.25, 0.3) is 0 Å². The number of halogens is 3. The van der Waals surface area contributed by atoms with E-state index >= 15 is 0 Å². The number of amides is 2. The van der Waals surface area contributed by atoms with Crippen LogP contribution in [0, 0.1) is 0 Å². The number of aliphatic hydroxyl groups excluding tert-OH is 1. The molecule has 2 amide bonds. The summed E-state index contributed by atoms with van der Waals surface area (Å²) in [6.07, 6.45) is -5.04. The smallest absolute Gasteiger partial charge is 0.392 e. The first-order valence-corrected chi connectivity index (χ1v) is 6.66. The Morgan fingerprint density at radius 2 is 2.05 bits per heavy atom. The maximum absolute atomic E-state index is 12.9. The molecule has 1 atom stereocenters. The Bertz CT molecular complexity index is 511. The zero-order valence-corrected chi connectivity index (χ0v) is 11.5. The van der Waals surface area contributed by atoms with Crippen LogP contribution >= 0.6 is 0 Å². The Kier molecular flexibility index (Phi) is 4.41. The van der Waals surface area contributed by atoms with Gasteiger partial charge >= 0.3 is 12.2 Å². The van der Waals surface area contributed by atoms with Crippen molar-refractivity contribution in [2.75, 3.05) is 19.6 Å². The van der Waals surface area contributed by atoms with Gasteiger partial charge in [0.1, 0.15) is 0 Å². The van der Waals surface area contributed by atoms with E-state index in [-0.39, 0.29) is 37.1 Å². The minimum atomic E-state index is -4.38. The third kappa shape index (κ3) is 3.66. The molecule has 0 saturated carbocycles. The van der Waals surface area contributed by atoms with Crippen molar-refractivity contribution < 1.29 is 23.1 Å². The van der Waals surface area contributed by atoms with Crippen molar-refractivity contribution in [2.24, 2.45) is 0 Å². The molecule has 0 aromatic heterocycles. The van der Waals surface area contributed by atoms with Gasteiger partial charge in [-0.3, -0.25) is 0 Å². The number of hydrogen-bond acceptors (Lipinski definition) is 2. The summed E-state index contributed by atoms with van der Waals surface area (Å²) in [6.45, 7) is 2.16. The third-order valence-electron chi connectivity index (χ3n) is 3.42. The van der Waals surface area contributed by atoms with Gasteiger partial charge in [-0.1, -0.05) is 18.2 Å². The van der Waals surface area contributed by atoms with Crippen LogP contribution in [0.25, 0.3) is 0 Å². The summed E-state index contributed by atoms with van der Waals surface area (Å²) in [5, 5.41) is 11.6. The van der Waals surface area contributed by atoms with Gasteiger partial charge in [-0.05, 0) is 18.6 Å². The Morgan fingerprint density at radius 3 is 2.62 bits per heavy atom. The molecule has 1 aromatic carbocycles. The Morgan fingerprint density at radius 1 is 1.43 bits per heavy atom. The van der Waals surface area contributed by atoms with Gasteiger partial charge in [-0.25, -0.2) is 4.79 Å². The lowest BCUT2D eigenvalue weighted by atomic mass is 9.88. The van der Waals surface area contributed by atoms with E-state index in [1.54, 1.807) is 13.0 Å². The van der Waals surface area contributed by atoms with Crippen LogP contribution < -0.4 is 5.32 Å². The fraction of sp³-hybridized carbons (Fsp3) is 0.500. The molecule has 116 valence electrons. The van der Waals surface area contributed by atoms with E-state index in [0.717, 1.165) is 6.07 Å². The second kappa shape index (κ2) is 5.93. The fourth-order valence-electron chi connectivity index (χ4n) is 2.30. The third-order valence-corrected chi connectivity index (χ3v) is 3.42. The Hall–Kier alpha value is -1.76. The highest BCUT2D eigenvalue weighted by molar-refractivity contribution is 5.75. The van der Waals surface area contributed by atoms with Crippen molar-refractivity contribution in [3.05, 3.63) is 35.4 Å². The molecule has 21 heavy (non-hydrogen) atoms. The minimum absolute atomic E-state index is 0.124. The maximum atomic E-state index is 12.9. The fourth-order valence-corrected chi connectivity index (χ4v) is 2.30. The van der Waals surface area contributed by atoms with Crippen LogP contribution in [0.5, 0.6) is 0 Å². The molecular formula is C14H17F3N2O2. The number of urea groups is 1. The lowest BCUT2D eigenvalue weighted by Gasteiger charge is -2.40. The molecule has 0 radical (unpaired) electrons. The number of carbonyl (C=O) groups excluding carboxylic acids is 1. The van der Waals surface area contributed by atoms with E-state index in [4.69, 9.17) is 5.11 Å². The van der Waals surface area contributed by atoms with E-state index in [0.29, 0.717) is 0 Å². The molecule has 0 aliphatic carbocycles. The van der Waals surface area contributed by atoms with Crippen LogP contribution in [0.2, 0.25) is 0 Å². The van der Waals surface area contributed by atoms with Crippen molar-refractivity contribution in [3.8, 4) is 0 Å². The van der Waals surface area contributed by atoms with Crippen LogP contribution in [0.1, 0.15) is 24.0 Å². The van der Waals surface area contributed by atoms with Gasteiger partial charge in [0, 0.05) is 25.6 Å². The first kappa shape index (κ1) is 15.6. The van der Waals surface area contributed by atoms with Crippen LogP contribution in [-0.4, -0.2) is 41.8 Å². The van der Waals surface area contributed by atoms with E-state index in [1.807, 2.05) is 0 Å². The molecule has 4 nitrogen and oxygen atoms in total. The summed E-state index contributed by atoms with van der Waals surface area (Å²) in [6, 6.07) is 5.08. The zero-order chi connectivity index (χ0) is 15.6. The number of likely N-dealkylation sites (tertiary alicyclic amines) is 1. The molecule has 1 aromatic rings. The van der Waals surface area contributed by atoms with E-state index in [1.165, 1.54) is 17.0 Å². The number of nitrogens with zero attached hydrogens (tertiary/aromatic N) is 1. The standard InChI is InChI=1S/C14H17F3N2O2/c1-9(20)6-18-13(21)19-7-10(8-19)11-4-2-3-5-12(11)14(15,16)17/h2-5,9-10,20H,6-8H2,1H3,(H,18,21). The molecule has 2 N–H and O–H groups in total. The summed E-state index contributed by atoms with van der Waals surface area (Å²) in [5.41, 5.74) is -0.413. The number of aliphatic hydroxyl groups is 1. The molecule has 1 unspecified atom stereocenters. The topological polar surface area (TPSA) is 52.6 Å². The van der Waals surface area contributed by atoms with Crippen LogP contribution in [0.4, 0.5) is 18.0 Å². The van der Waals surface area contributed by atoms with Gasteiger partial charge in [-0.15, -0.1) is 0 Å². The largest absolute Gasteiger partial charge is 0.416 e. The lowest BCUT2D eigenvalue weighted by molar-refractivity contribution is -0.138. The Labute approximate surface area is 120 Å². The maximum Gasteiger partial charge on any atom is 0.416 e. The number of carbonyl (C=O) groups is 1. The molecular weight excluding hydrogens is 285 g/mol. The SMILES string of the molecule is CC(O)CNC(=O)N1CC(c2ccccc2C(F)(F)F)C1. The lowest BCUT2D eigenvalue weighted by Crippen LogP contribution is -2.53. The van der Waals surface area contributed by atoms with Gasteiger partial charge in [0.15, 0.2) is 0 Å². The Balaban J connectivity index is 1.98. The highest BCUT2D eigenvalue weighted by Crippen LogP contribution is 2.38. The normalized spacial score (nSPS) is 17.3.